The molecule has 96 valence electrons. The number of hydrogen-bond acceptors (Lipinski definition) is 2. The molecule has 17 heavy (non-hydrogen) atoms. The maximum absolute atomic E-state index is 6.66. The van der Waals surface area contributed by atoms with Crippen molar-refractivity contribution in [2.24, 2.45) is 17.1 Å². The molecule has 1 fully saturated rings. The third-order valence-electron chi connectivity index (χ3n) is 3.94. The van der Waals surface area contributed by atoms with Crippen molar-refractivity contribution in [1.82, 2.24) is 9.78 Å². The van der Waals surface area contributed by atoms with E-state index in [-0.39, 0.29) is 5.54 Å². The van der Waals surface area contributed by atoms with Gasteiger partial charge in [0.15, 0.2) is 0 Å². The number of nitrogens with zero attached hydrogens (tertiary/aromatic N) is 2. The summed E-state index contributed by atoms with van der Waals surface area (Å²) in [4.78, 5) is 0. The van der Waals surface area contributed by atoms with E-state index in [0.29, 0.717) is 11.3 Å². The Balaban J connectivity index is 2.28. The highest BCUT2D eigenvalue weighted by Crippen LogP contribution is 2.47. The summed E-state index contributed by atoms with van der Waals surface area (Å²) >= 11 is 0. The molecule has 3 heteroatoms. The number of nitrogens with two attached hydrogens (primary N) is 1. The molecule has 1 aliphatic rings. The molecule has 0 saturated heterocycles. The molecule has 0 aromatic carbocycles. The Kier molecular flexibility index (Phi) is 3.06. The van der Waals surface area contributed by atoms with E-state index < -0.39 is 0 Å². The first kappa shape index (κ1) is 12.6. The number of aromatic nitrogens is 2. The van der Waals surface area contributed by atoms with Gasteiger partial charge in [0.1, 0.15) is 0 Å². The topological polar surface area (TPSA) is 43.8 Å². The minimum absolute atomic E-state index is 0.186. The fourth-order valence-corrected chi connectivity index (χ4v) is 3.65. The van der Waals surface area contributed by atoms with Gasteiger partial charge in [0.05, 0.1) is 6.20 Å². The van der Waals surface area contributed by atoms with Crippen LogP contribution >= 0.6 is 0 Å². The minimum atomic E-state index is -0.186. The molecule has 3 nitrogen and oxygen atoms in total. The lowest BCUT2D eigenvalue weighted by Gasteiger charge is -2.45. The van der Waals surface area contributed by atoms with Gasteiger partial charge >= 0.3 is 0 Å². The highest BCUT2D eigenvalue weighted by Gasteiger charge is 2.41. The molecule has 1 aliphatic carbocycles. The molecular formula is C14H25N3. The van der Waals surface area contributed by atoms with Crippen LogP contribution in [0.4, 0.5) is 0 Å². The molecule has 0 aliphatic heterocycles. The van der Waals surface area contributed by atoms with Gasteiger partial charge in [0.25, 0.3) is 0 Å². The fraction of sp³-hybridized carbons (Fsp3) is 0.786. The molecule has 2 rings (SSSR count). The van der Waals surface area contributed by atoms with Crippen LogP contribution in [0.3, 0.4) is 0 Å². The van der Waals surface area contributed by atoms with E-state index in [2.05, 4.69) is 39.0 Å². The van der Waals surface area contributed by atoms with Crippen molar-refractivity contribution >= 4 is 0 Å². The molecular weight excluding hydrogens is 210 g/mol. The zero-order valence-electron chi connectivity index (χ0n) is 11.5. The summed E-state index contributed by atoms with van der Waals surface area (Å²) in [5.74, 6) is 0.689. The summed E-state index contributed by atoms with van der Waals surface area (Å²) in [6.07, 6.45) is 7.48. The zero-order chi connectivity index (χ0) is 12.7. The fourth-order valence-electron chi connectivity index (χ4n) is 3.65. The van der Waals surface area contributed by atoms with Gasteiger partial charge in [0, 0.05) is 23.8 Å². The van der Waals surface area contributed by atoms with Crippen molar-refractivity contribution < 1.29 is 0 Å². The smallest absolute Gasteiger partial charge is 0.0540 e. The van der Waals surface area contributed by atoms with Crippen molar-refractivity contribution in [2.45, 2.75) is 59.0 Å². The lowest BCUT2D eigenvalue weighted by atomic mass is 9.63. The van der Waals surface area contributed by atoms with Gasteiger partial charge in [-0.25, -0.2) is 0 Å². The molecule has 2 unspecified atom stereocenters. The molecule has 2 atom stereocenters. The summed E-state index contributed by atoms with van der Waals surface area (Å²) in [5, 5.41) is 4.36. The molecule has 1 aromatic heterocycles. The summed E-state index contributed by atoms with van der Waals surface area (Å²) in [5.41, 5.74) is 8.02. The van der Waals surface area contributed by atoms with E-state index >= 15 is 0 Å². The van der Waals surface area contributed by atoms with Crippen LogP contribution in [0, 0.1) is 11.3 Å². The van der Waals surface area contributed by atoms with Crippen molar-refractivity contribution in [3.63, 3.8) is 0 Å². The first-order valence-corrected chi connectivity index (χ1v) is 6.66. The number of rotatable bonds is 2. The Bertz CT molecular complexity index is 394. The average Bonchev–Trinajstić information content (AvgIpc) is 2.61. The zero-order valence-corrected chi connectivity index (χ0v) is 11.5. The van der Waals surface area contributed by atoms with Crippen molar-refractivity contribution in [3.05, 3.63) is 18.0 Å². The minimum Gasteiger partial charge on any atom is -0.321 e. The van der Waals surface area contributed by atoms with Crippen LogP contribution in [0.25, 0.3) is 0 Å². The van der Waals surface area contributed by atoms with Gasteiger partial charge in [-0.3, -0.25) is 4.68 Å². The maximum Gasteiger partial charge on any atom is 0.0540 e. The van der Waals surface area contributed by atoms with E-state index in [1.807, 2.05) is 10.9 Å². The van der Waals surface area contributed by atoms with Crippen LogP contribution in [-0.4, -0.2) is 9.78 Å². The standard InChI is InChI=1S/C14H25N3/c1-5-17-9-12(8-16-17)14(15)7-11(2)6-13(3,4)10-14/h8-9,11H,5-7,10,15H2,1-4H3. The quantitative estimate of drug-likeness (QED) is 0.856. The third-order valence-corrected chi connectivity index (χ3v) is 3.94. The molecule has 0 radical (unpaired) electrons. The van der Waals surface area contributed by atoms with Crippen LogP contribution in [0.5, 0.6) is 0 Å². The van der Waals surface area contributed by atoms with Gasteiger partial charge < -0.3 is 5.73 Å². The maximum atomic E-state index is 6.66. The molecule has 1 heterocycles. The highest BCUT2D eigenvalue weighted by atomic mass is 15.3. The monoisotopic (exact) mass is 235 g/mol. The Hall–Kier alpha value is -0.830. The second-order valence-corrected chi connectivity index (χ2v) is 6.60. The molecule has 0 spiro atoms. The van der Waals surface area contributed by atoms with Crippen LogP contribution in [0.15, 0.2) is 12.4 Å². The van der Waals surface area contributed by atoms with Crippen molar-refractivity contribution in [2.75, 3.05) is 0 Å². The molecule has 2 N–H and O–H groups in total. The predicted octanol–water partition coefficient (Wildman–Crippen LogP) is 2.90. The van der Waals surface area contributed by atoms with E-state index in [1.165, 1.54) is 12.0 Å². The number of aryl methyl sites for hydroxylation is 1. The third kappa shape index (κ3) is 2.54. The van der Waals surface area contributed by atoms with Gasteiger partial charge in [-0.1, -0.05) is 20.8 Å². The number of hydrogen-bond donors (Lipinski definition) is 1. The SMILES string of the molecule is CCn1cc(C2(N)CC(C)CC(C)(C)C2)cn1. The summed E-state index contributed by atoms with van der Waals surface area (Å²) in [6, 6.07) is 0. The molecule has 0 amide bonds. The van der Waals surface area contributed by atoms with Gasteiger partial charge in [-0.05, 0) is 37.5 Å². The van der Waals surface area contributed by atoms with Gasteiger partial charge in [0.2, 0.25) is 0 Å². The second-order valence-electron chi connectivity index (χ2n) is 6.60. The first-order valence-electron chi connectivity index (χ1n) is 6.66. The van der Waals surface area contributed by atoms with Crippen LogP contribution < -0.4 is 5.73 Å². The van der Waals surface area contributed by atoms with Gasteiger partial charge in [-0.2, -0.15) is 5.10 Å². The van der Waals surface area contributed by atoms with E-state index in [9.17, 15) is 0 Å². The Morgan fingerprint density at radius 1 is 1.47 bits per heavy atom. The van der Waals surface area contributed by atoms with Crippen LogP contribution in [0.1, 0.15) is 52.5 Å². The summed E-state index contributed by atoms with van der Waals surface area (Å²) in [7, 11) is 0. The van der Waals surface area contributed by atoms with Gasteiger partial charge in [-0.15, -0.1) is 0 Å². The van der Waals surface area contributed by atoms with Crippen molar-refractivity contribution in [1.29, 1.82) is 0 Å². The van der Waals surface area contributed by atoms with E-state index in [4.69, 9.17) is 5.73 Å². The molecule has 1 aromatic rings. The normalized spacial score (nSPS) is 32.6. The largest absolute Gasteiger partial charge is 0.321 e. The van der Waals surface area contributed by atoms with Crippen LogP contribution in [-0.2, 0) is 12.1 Å². The Labute approximate surface area is 104 Å². The van der Waals surface area contributed by atoms with E-state index in [0.717, 1.165) is 19.4 Å². The Morgan fingerprint density at radius 2 is 2.18 bits per heavy atom. The summed E-state index contributed by atoms with van der Waals surface area (Å²) in [6.45, 7) is 9.98. The van der Waals surface area contributed by atoms with Crippen LogP contribution in [0.2, 0.25) is 0 Å². The molecule has 0 bridgehead atoms. The van der Waals surface area contributed by atoms with E-state index in [1.54, 1.807) is 0 Å². The molecule has 1 saturated carbocycles. The lowest BCUT2D eigenvalue weighted by molar-refractivity contribution is 0.107. The first-order chi connectivity index (χ1) is 7.85. The van der Waals surface area contributed by atoms with Crippen molar-refractivity contribution in [3.8, 4) is 0 Å². The summed E-state index contributed by atoms with van der Waals surface area (Å²) < 4.78 is 1.97. The Morgan fingerprint density at radius 3 is 2.71 bits per heavy atom. The predicted molar refractivity (Wildman–Crippen MR) is 70.6 cm³/mol. The highest BCUT2D eigenvalue weighted by molar-refractivity contribution is 5.20. The second kappa shape index (κ2) is 4.13. The average molecular weight is 235 g/mol. The lowest BCUT2D eigenvalue weighted by Crippen LogP contribution is -2.46.